The number of halogens is 2. The van der Waals surface area contributed by atoms with Crippen LogP contribution in [-0.4, -0.2) is 45.2 Å². The minimum atomic E-state index is -2.88. The number of carbonyl (C=O) groups is 1. The number of hydrogen-bond acceptors (Lipinski definition) is 4. The van der Waals surface area contributed by atoms with E-state index >= 15 is 0 Å². The predicted molar refractivity (Wildman–Crippen MR) is 115 cm³/mol. The molecule has 1 heterocycles. The number of alkyl halides is 2. The van der Waals surface area contributed by atoms with Crippen molar-refractivity contribution in [3.8, 4) is 11.5 Å². The Bertz CT molecular complexity index is 937. The SMILES string of the molecule is CN=C(NCCCN1C(=O)COc2ccccc21)NCc1cc(C)ccc1OC(F)F. The number of para-hydroxylation sites is 2. The molecule has 2 N–H and O–H groups in total. The Morgan fingerprint density at radius 2 is 2.06 bits per heavy atom. The molecule has 0 saturated carbocycles. The number of nitrogens with one attached hydrogen (secondary N) is 2. The minimum Gasteiger partial charge on any atom is -0.482 e. The largest absolute Gasteiger partial charge is 0.482 e. The van der Waals surface area contributed by atoms with Gasteiger partial charge in [-0.25, -0.2) is 0 Å². The summed E-state index contributed by atoms with van der Waals surface area (Å²) in [6, 6.07) is 12.5. The molecule has 7 nitrogen and oxygen atoms in total. The fraction of sp³-hybridized carbons (Fsp3) is 0.364. The van der Waals surface area contributed by atoms with Gasteiger partial charge in [-0.15, -0.1) is 0 Å². The zero-order valence-electron chi connectivity index (χ0n) is 17.5. The molecular formula is C22H26F2N4O3. The van der Waals surface area contributed by atoms with Crippen molar-refractivity contribution in [3.63, 3.8) is 0 Å². The van der Waals surface area contributed by atoms with Crippen molar-refractivity contribution < 1.29 is 23.0 Å². The van der Waals surface area contributed by atoms with Crippen LogP contribution in [0.1, 0.15) is 17.5 Å². The first-order chi connectivity index (χ1) is 15.0. The highest BCUT2D eigenvalue weighted by Crippen LogP contribution is 2.31. The lowest BCUT2D eigenvalue weighted by Gasteiger charge is -2.29. The number of rotatable bonds is 8. The number of guanidine groups is 1. The lowest BCUT2D eigenvalue weighted by atomic mass is 10.1. The van der Waals surface area contributed by atoms with Crippen LogP contribution in [0.2, 0.25) is 0 Å². The van der Waals surface area contributed by atoms with E-state index in [4.69, 9.17) is 4.74 Å². The highest BCUT2D eigenvalue weighted by molar-refractivity contribution is 5.97. The van der Waals surface area contributed by atoms with Crippen molar-refractivity contribution >= 4 is 17.6 Å². The number of aliphatic imine (C=N–C) groups is 1. The van der Waals surface area contributed by atoms with Crippen LogP contribution in [0.25, 0.3) is 0 Å². The summed E-state index contributed by atoms with van der Waals surface area (Å²) in [5, 5.41) is 6.28. The smallest absolute Gasteiger partial charge is 0.387 e. The Balaban J connectivity index is 1.50. The molecule has 166 valence electrons. The topological polar surface area (TPSA) is 75.2 Å². The fourth-order valence-corrected chi connectivity index (χ4v) is 3.30. The van der Waals surface area contributed by atoms with Gasteiger partial charge in [0.2, 0.25) is 0 Å². The summed E-state index contributed by atoms with van der Waals surface area (Å²) >= 11 is 0. The third kappa shape index (κ3) is 6.07. The van der Waals surface area contributed by atoms with Gasteiger partial charge >= 0.3 is 6.61 Å². The summed E-state index contributed by atoms with van der Waals surface area (Å²) in [4.78, 5) is 18.1. The molecule has 2 aromatic carbocycles. The molecule has 0 aliphatic carbocycles. The van der Waals surface area contributed by atoms with Gasteiger partial charge in [0.15, 0.2) is 12.6 Å². The Morgan fingerprint density at radius 3 is 2.84 bits per heavy atom. The van der Waals surface area contributed by atoms with E-state index in [0.29, 0.717) is 36.8 Å². The maximum Gasteiger partial charge on any atom is 0.387 e. The van der Waals surface area contributed by atoms with Gasteiger partial charge in [-0.05, 0) is 31.5 Å². The first-order valence-corrected chi connectivity index (χ1v) is 9.99. The van der Waals surface area contributed by atoms with E-state index in [9.17, 15) is 13.6 Å². The molecule has 0 spiro atoms. The Labute approximate surface area is 180 Å². The number of benzene rings is 2. The van der Waals surface area contributed by atoms with Crippen molar-refractivity contribution in [3.05, 3.63) is 53.6 Å². The van der Waals surface area contributed by atoms with Crippen molar-refractivity contribution in [2.45, 2.75) is 26.5 Å². The number of anilines is 1. The quantitative estimate of drug-likeness (QED) is 0.381. The molecule has 0 radical (unpaired) electrons. The highest BCUT2D eigenvalue weighted by atomic mass is 19.3. The van der Waals surface area contributed by atoms with Crippen LogP contribution < -0.4 is 25.0 Å². The van der Waals surface area contributed by atoms with Crippen LogP contribution >= 0.6 is 0 Å². The van der Waals surface area contributed by atoms with E-state index in [1.165, 1.54) is 6.07 Å². The summed E-state index contributed by atoms with van der Waals surface area (Å²) < 4.78 is 35.3. The van der Waals surface area contributed by atoms with E-state index < -0.39 is 6.61 Å². The highest BCUT2D eigenvalue weighted by Gasteiger charge is 2.24. The molecule has 0 unspecified atom stereocenters. The first-order valence-electron chi connectivity index (χ1n) is 9.99. The molecule has 0 bridgehead atoms. The van der Waals surface area contributed by atoms with Gasteiger partial charge in [0.05, 0.1) is 5.69 Å². The number of fused-ring (bicyclic) bond motifs is 1. The Hall–Kier alpha value is -3.36. The van der Waals surface area contributed by atoms with Gasteiger partial charge in [0, 0.05) is 32.2 Å². The van der Waals surface area contributed by atoms with E-state index in [-0.39, 0.29) is 24.8 Å². The lowest BCUT2D eigenvalue weighted by Crippen LogP contribution is -2.42. The minimum absolute atomic E-state index is 0.0349. The number of hydrogen-bond donors (Lipinski definition) is 2. The summed E-state index contributed by atoms with van der Waals surface area (Å²) in [7, 11) is 1.63. The van der Waals surface area contributed by atoms with Crippen molar-refractivity contribution in [1.29, 1.82) is 0 Å². The van der Waals surface area contributed by atoms with Gasteiger partial charge in [0.1, 0.15) is 11.5 Å². The molecule has 0 fully saturated rings. The summed E-state index contributed by atoms with van der Waals surface area (Å²) in [5.41, 5.74) is 2.32. The molecule has 1 amide bonds. The molecule has 2 aromatic rings. The number of aryl methyl sites for hydroxylation is 1. The molecule has 9 heteroatoms. The standard InChI is InChI=1S/C22H26F2N4O3/c1-15-8-9-18(31-21(23)24)16(12-15)13-27-22(25-2)26-10-5-11-28-17-6-3-4-7-19(17)30-14-20(28)29/h3-4,6-9,12,21H,5,10-11,13-14H2,1-2H3,(H2,25,26,27). The molecule has 31 heavy (non-hydrogen) atoms. The monoisotopic (exact) mass is 432 g/mol. The van der Waals surface area contributed by atoms with Gasteiger partial charge in [-0.3, -0.25) is 9.79 Å². The van der Waals surface area contributed by atoms with Gasteiger partial charge in [-0.1, -0.05) is 29.8 Å². The van der Waals surface area contributed by atoms with E-state index in [0.717, 1.165) is 11.3 Å². The molecule has 0 atom stereocenters. The summed E-state index contributed by atoms with van der Waals surface area (Å²) in [5.74, 6) is 1.28. The molecule has 3 rings (SSSR count). The second kappa shape index (κ2) is 10.6. The summed E-state index contributed by atoms with van der Waals surface area (Å²) in [6.07, 6.45) is 0.685. The number of amides is 1. The Kier molecular flexibility index (Phi) is 7.64. The molecule has 1 aliphatic rings. The molecule has 0 aromatic heterocycles. The van der Waals surface area contributed by atoms with E-state index in [2.05, 4.69) is 20.4 Å². The van der Waals surface area contributed by atoms with Crippen LogP contribution in [0, 0.1) is 6.92 Å². The zero-order valence-corrected chi connectivity index (χ0v) is 17.5. The molecule has 1 aliphatic heterocycles. The number of nitrogens with zero attached hydrogens (tertiary/aromatic N) is 2. The van der Waals surface area contributed by atoms with Gasteiger partial charge < -0.3 is 25.0 Å². The van der Waals surface area contributed by atoms with Crippen LogP contribution in [0.3, 0.4) is 0 Å². The maximum atomic E-state index is 12.6. The van der Waals surface area contributed by atoms with Crippen LogP contribution in [0.5, 0.6) is 11.5 Å². The Morgan fingerprint density at radius 1 is 1.26 bits per heavy atom. The molecular weight excluding hydrogens is 406 g/mol. The van der Waals surface area contributed by atoms with E-state index in [1.54, 1.807) is 24.1 Å². The average molecular weight is 432 g/mol. The zero-order chi connectivity index (χ0) is 22.2. The third-order valence-corrected chi connectivity index (χ3v) is 4.76. The number of ether oxygens (including phenoxy) is 2. The fourth-order valence-electron chi connectivity index (χ4n) is 3.30. The van der Waals surface area contributed by atoms with Gasteiger partial charge in [0.25, 0.3) is 5.91 Å². The second-order valence-corrected chi connectivity index (χ2v) is 7.00. The van der Waals surface area contributed by atoms with Crippen molar-refractivity contribution in [2.75, 3.05) is 31.6 Å². The van der Waals surface area contributed by atoms with Crippen LogP contribution in [0.15, 0.2) is 47.5 Å². The third-order valence-electron chi connectivity index (χ3n) is 4.76. The predicted octanol–water partition coefficient (Wildman–Crippen LogP) is 3.08. The summed E-state index contributed by atoms with van der Waals surface area (Å²) in [6.45, 7) is 0.417. The van der Waals surface area contributed by atoms with Crippen LogP contribution in [0.4, 0.5) is 14.5 Å². The number of carbonyl (C=O) groups excluding carboxylic acids is 1. The molecule has 0 saturated heterocycles. The maximum absolute atomic E-state index is 12.6. The van der Waals surface area contributed by atoms with E-state index in [1.807, 2.05) is 31.2 Å². The first kappa shape index (κ1) is 22.3. The van der Waals surface area contributed by atoms with Crippen molar-refractivity contribution in [1.82, 2.24) is 10.6 Å². The van der Waals surface area contributed by atoms with Gasteiger partial charge in [-0.2, -0.15) is 8.78 Å². The van der Waals surface area contributed by atoms with Crippen LogP contribution in [-0.2, 0) is 11.3 Å². The van der Waals surface area contributed by atoms with Crippen molar-refractivity contribution in [2.24, 2.45) is 4.99 Å². The lowest BCUT2D eigenvalue weighted by molar-refractivity contribution is -0.121. The average Bonchev–Trinajstić information content (AvgIpc) is 2.75. The second-order valence-electron chi connectivity index (χ2n) is 7.00. The normalized spacial score (nSPS) is 13.6.